The molecule has 4 rings (SSSR count). The molecular formula is C45H72ClN7O6. The Morgan fingerprint density at radius 3 is 1.63 bits per heavy atom. The van der Waals surface area contributed by atoms with Crippen molar-refractivity contribution in [3.8, 4) is 0 Å². The Morgan fingerprint density at radius 1 is 0.644 bits per heavy atom. The van der Waals surface area contributed by atoms with Crippen LogP contribution in [0.25, 0.3) is 0 Å². The highest BCUT2D eigenvalue weighted by Crippen LogP contribution is 2.27. The highest BCUT2D eigenvalue weighted by Gasteiger charge is 2.31. The van der Waals surface area contributed by atoms with Crippen LogP contribution < -0.4 is 10.6 Å². The second-order valence-electron chi connectivity index (χ2n) is 19.0. The molecule has 0 atom stereocenters. The summed E-state index contributed by atoms with van der Waals surface area (Å²) in [5, 5.41) is 6.94. The fraction of sp³-hybridized carbons (Fsp3) is 0.711. The van der Waals surface area contributed by atoms with Crippen molar-refractivity contribution in [1.82, 2.24) is 24.7 Å². The molecule has 14 heteroatoms. The Labute approximate surface area is 358 Å². The molecule has 2 aromatic rings. The Bertz CT molecular complexity index is 1630. The van der Waals surface area contributed by atoms with Crippen molar-refractivity contribution in [3.05, 3.63) is 46.6 Å². The second kappa shape index (κ2) is 22.0. The van der Waals surface area contributed by atoms with Crippen LogP contribution in [0, 0.1) is 0 Å². The van der Waals surface area contributed by atoms with E-state index in [1.807, 2.05) is 96.4 Å². The van der Waals surface area contributed by atoms with E-state index in [0.29, 0.717) is 62.6 Å². The normalized spacial score (nSPS) is 15.6. The van der Waals surface area contributed by atoms with Crippen molar-refractivity contribution in [2.24, 2.45) is 0 Å². The predicted octanol–water partition coefficient (Wildman–Crippen LogP) is 10.8. The fourth-order valence-electron chi connectivity index (χ4n) is 7.48. The average Bonchev–Trinajstić information content (AvgIpc) is 3.14. The molecule has 2 N–H and O–H groups in total. The summed E-state index contributed by atoms with van der Waals surface area (Å²) in [6.07, 6.45) is 11.2. The first-order valence-electron chi connectivity index (χ1n) is 21.8. The van der Waals surface area contributed by atoms with Crippen LogP contribution in [0.1, 0.15) is 150 Å². The second-order valence-corrected chi connectivity index (χ2v) is 19.4. The standard InChI is InChI=1S/C45H72ClN7O6/c1-43(2,3)57-40(54)51(27-17-29-53(36-20-14-11-15-21-36)42(56)59-45(7,8)9)32-34-24-22-33(23-25-34)31-48-39-49-37(46)30-38(50-39)47-26-16-28-52(35-18-12-10-13-19-35)41(55)58-44(4,5)6/h22-25,30,35-36H,10-21,26-29,31-32H2,1-9H3,(H2,47,48,49,50). The van der Waals surface area contributed by atoms with Gasteiger partial charge in [0.1, 0.15) is 27.8 Å². The molecule has 13 nitrogen and oxygen atoms in total. The third-order valence-corrected chi connectivity index (χ3v) is 10.4. The van der Waals surface area contributed by atoms with Crippen LogP contribution in [0.3, 0.4) is 0 Å². The molecule has 1 aromatic carbocycles. The summed E-state index contributed by atoms with van der Waals surface area (Å²) in [4.78, 5) is 54.3. The van der Waals surface area contributed by atoms with Crippen LogP contribution in [-0.2, 0) is 27.3 Å². The van der Waals surface area contributed by atoms with Gasteiger partial charge in [0.15, 0.2) is 0 Å². The lowest BCUT2D eigenvalue weighted by Crippen LogP contribution is -2.45. The first-order valence-corrected chi connectivity index (χ1v) is 22.2. The Morgan fingerprint density at radius 2 is 1.12 bits per heavy atom. The van der Waals surface area contributed by atoms with Gasteiger partial charge in [-0.05, 0) is 112 Å². The van der Waals surface area contributed by atoms with Crippen molar-refractivity contribution in [1.29, 1.82) is 0 Å². The van der Waals surface area contributed by atoms with Gasteiger partial charge in [-0.15, -0.1) is 0 Å². The Hall–Kier alpha value is -4.00. The van der Waals surface area contributed by atoms with E-state index in [1.54, 1.807) is 11.0 Å². The molecule has 0 bridgehead atoms. The number of carbonyl (C=O) groups excluding carboxylic acids is 3. The van der Waals surface area contributed by atoms with Gasteiger partial charge >= 0.3 is 18.3 Å². The lowest BCUT2D eigenvalue weighted by molar-refractivity contribution is 0.00910. The van der Waals surface area contributed by atoms with Crippen LogP contribution in [0.5, 0.6) is 0 Å². The van der Waals surface area contributed by atoms with E-state index in [0.717, 1.165) is 68.9 Å². The van der Waals surface area contributed by atoms with Gasteiger partial charge in [-0.1, -0.05) is 74.4 Å². The maximum atomic E-state index is 13.4. The topological polar surface area (TPSA) is 138 Å². The van der Waals surface area contributed by atoms with Crippen LogP contribution >= 0.6 is 11.6 Å². The summed E-state index contributed by atoms with van der Waals surface area (Å²) in [7, 11) is 0. The molecule has 0 saturated heterocycles. The lowest BCUT2D eigenvalue weighted by Gasteiger charge is -2.36. The molecule has 2 aliphatic rings. The summed E-state index contributed by atoms with van der Waals surface area (Å²) in [6, 6.07) is 10.1. The molecule has 0 radical (unpaired) electrons. The van der Waals surface area contributed by atoms with Gasteiger partial charge in [0.25, 0.3) is 0 Å². The van der Waals surface area contributed by atoms with Crippen LogP contribution in [0.15, 0.2) is 30.3 Å². The van der Waals surface area contributed by atoms with Gasteiger partial charge in [-0.3, -0.25) is 0 Å². The number of nitrogens with zero attached hydrogens (tertiary/aromatic N) is 5. The van der Waals surface area contributed by atoms with E-state index in [1.165, 1.54) is 12.8 Å². The third-order valence-electron chi connectivity index (χ3n) is 10.2. The maximum absolute atomic E-state index is 13.4. The van der Waals surface area contributed by atoms with Gasteiger partial charge in [-0.25, -0.2) is 19.4 Å². The third kappa shape index (κ3) is 17.6. The largest absolute Gasteiger partial charge is 0.444 e. The van der Waals surface area contributed by atoms with Crippen molar-refractivity contribution in [2.75, 3.05) is 36.8 Å². The van der Waals surface area contributed by atoms with Crippen molar-refractivity contribution < 1.29 is 28.6 Å². The number of hydrogen-bond acceptors (Lipinski definition) is 10. The smallest absolute Gasteiger partial charge is 0.410 e. The number of halogens is 1. The lowest BCUT2D eigenvalue weighted by atomic mass is 9.94. The molecule has 2 fully saturated rings. The average molecular weight is 843 g/mol. The summed E-state index contributed by atoms with van der Waals surface area (Å²) in [6.45, 7) is 19.9. The molecule has 2 saturated carbocycles. The van der Waals surface area contributed by atoms with Gasteiger partial charge in [-0.2, -0.15) is 4.98 Å². The van der Waals surface area contributed by atoms with E-state index >= 15 is 0 Å². The van der Waals surface area contributed by atoms with Crippen LogP contribution in [0.4, 0.5) is 26.1 Å². The zero-order valence-corrected chi connectivity index (χ0v) is 38.1. The first-order chi connectivity index (χ1) is 27.7. The minimum absolute atomic E-state index is 0.148. The molecule has 59 heavy (non-hydrogen) atoms. The van der Waals surface area contributed by atoms with Gasteiger partial charge in [0.05, 0.1) is 0 Å². The number of nitrogens with one attached hydrogen (secondary N) is 2. The number of anilines is 2. The molecule has 330 valence electrons. The van der Waals surface area contributed by atoms with E-state index < -0.39 is 22.9 Å². The first kappa shape index (κ1) is 47.7. The monoisotopic (exact) mass is 842 g/mol. The summed E-state index contributed by atoms with van der Waals surface area (Å²) in [5.41, 5.74) is 0.179. The zero-order chi connectivity index (χ0) is 43.2. The summed E-state index contributed by atoms with van der Waals surface area (Å²) >= 11 is 6.40. The molecule has 1 heterocycles. The zero-order valence-electron chi connectivity index (χ0n) is 37.3. The number of rotatable bonds is 16. The number of carbonyl (C=O) groups is 3. The Kier molecular flexibility index (Phi) is 17.8. The van der Waals surface area contributed by atoms with Crippen molar-refractivity contribution >= 4 is 41.6 Å². The summed E-state index contributed by atoms with van der Waals surface area (Å²) < 4.78 is 17.4. The Balaban J connectivity index is 1.32. The minimum Gasteiger partial charge on any atom is -0.444 e. The maximum Gasteiger partial charge on any atom is 0.410 e. The fourth-order valence-corrected chi connectivity index (χ4v) is 7.67. The quantitative estimate of drug-likeness (QED) is 0.0954. The molecule has 2 aliphatic carbocycles. The van der Waals surface area contributed by atoms with E-state index in [-0.39, 0.29) is 24.3 Å². The van der Waals surface area contributed by atoms with Crippen molar-refractivity contribution in [3.63, 3.8) is 0 Å². The van der Waals surface area contributed by atoms with Crippen LogP contribution in [-0.4, -0.2) is 98.0 Å². The number of benzene rings is 1. The van der Waals surface area contributed by atoms with E-state index in [2.05, 4.69) is 20.6 Å². The van der Waals surface area contributed by atoms with Gasteiger partial charge in [0.2, 0.25) is 5.95 Å². The molecule has 0 aliphatic heterocycles. The molecule has 0 unspecified atom stereocenters. The highest BCUT2D eigenvalue weighted by atomic mass is 35.5. The predicted molar refractivity (Wildman–Crippen MR) is 235 cm³/mol. The molecule has 3 amide bonds. The van der Waals surface area contributed by atoms with Gasteiger partial charge in [0, 0.05) is 57.4 Å². The minimum atomic E-state index is -0.648. The molecule has 1 aromatic heterocycles. The highest BCUT2D eigenvalue weighted by molar-refractivity contribution is 6.29. The van der Waals surface area contributed by atoms with Crippen molar-refractivity contribution in [2.45, 2.75) is 181 Å². The number of aromatic nitrogens is 2. The molecule has 0 spiro atoms. The van der Waals surface area contributed by atoms with E-state index in [4.69, 9.17) is 25.8 Å². The molecular weight excluding hydrogens is 770 g/mol. The van der Waals surface area contributed by atoms with Crippen LogP contribution in [0.2, 0.25) is 5.15 Å². The number of amides is 3. The number of ether oxygens (including phenoxy) is 3. The number of hydrogen-bond donors (Lipinski definition) is 2. The summed E-state index contributed by atoms with van der Waals surface area (Å²) in [5.74, 6) is 0.992. The van der Waals surface area contributed by atoms with E-state index in [9.17, 15) is 14.4 Å². The van der Waals surface area contributed by atoms with Gasteiger partial charge < -0.3 is 39.5 Å². The SMILES string of the molecule is CC(C)(C)OC(=O)N(CCCN(C(=O)OC(C)(C)C)C1CCCCC1)Cc1ccc(CNc2nc(Cl)cc(NCCCN(C(=O)OC(C)(C)C)C3CCCCC3)n2)cc1.